The highest BCUT2D eigenvalue weighted by molar-refractivity contribution is 7.94. The van der Waals surface area contributed by atoms with Crippen molar-refractivity contribution in [2.45, 2.75) is 25.1 Å². The first-order chi connectivity index (χ1) is 10.2. The summed E-state index contributed by atoms with van der Waals surface area (Å²) < 4.78 is 26.8. The number of nitrogens with one attached hydrogen (secondary N) is 2. The zero-order valence-corrected chi connectivity index (χ0v) is 14.4. The molecule has 0 radical (unpaired) electrons. The van der Waals surface area contributed by atoms with Crippen LogP contribution >= 0.6 is 22.9 Å². The smallest absolute Gasteiger partial charge is 0.291 e. The van der Waals surface area contributed by atoms with Gasteiger partial charge in [0, 0.05) is 6.92 Å². The molecular formula is C12H13ClN4O3S2. The van der Waals surface area contributed by atoms with Crippen molar-refractivity contribution in [1.82, 2.24) is 10.2 Å². The van der Waals surface area contributed by atoms with E-state index in [2.05, 4.69) is 20.2 Å². The van der Waals surface area contributed by atoms with Gasteiger partial charge >= 0.3 is 0 Å². The van der Waals surface area contributed by atoms with Crippen LogP contribution in [0.25, 0.3) is 0 Å². The van der Waals surface area contributed by atoms with Crippen LogP contribution in [0.3, 0.4) is 0 Å². The van der Waals surface area contributed by atoms with E-state index in [1.807, 2.05) is 13.0 Å². The Morgan fingerprint density at radius 1 is 1.27 bits per heavy atom. The number of sulfonamides is 1. The zero-order chi connectivity index (χ0) is 16.5. The van der Waals surface area contributed by atoms with Crippen LogP contribution in [0.2, 0.25) is 5.02 Å². The first kappa shape index (κ1) is 16.7. The monoisotopic (exact) mass is 360 g/mol. The molecule has 0 aliphatic heterocycles. The van der Waals surface area contributed by atoms with E-state index >= 15 is 0 Å². The Bertz CT molecular complexity index is 810. The van der Waals surface area contributed by atoms with Crippen LogP contribution < -0.4 is 10.0 Å². The first-order valence-electron chi connectivity index (χ1n) is 6.09. The maximum Gasteiger partial charge on any atom is 0.291 e. The molecule has 0 saturated carbocycles. The fourth-order valence-electron chi connectivity index (χ4n) is 1.74. The summed E-state index contributed by atoms with van der Waals surface area (Å²) in [5.41, 5.74) is 1.91. The van der Waals surface area contributed by atoms with Gasteiger partial charge in [0.2, 0.25) is 11.0 Å². The summed E-state index contributed by atoms with van der Waals surface area (Å²) in [6.07, 6.45) is 0. The van der Waals surface area contributed by atoms with Crippen molar-refractivity contribution in [3.63, 3.8) is 0 Å². The third-order valence-electron chi connectivity index (χ3n) is 2.59. The van der Waals surface area contributed by atoms with E-state index in [1.54, 1.807) is 13.0 Å². The van der Waals surface area contributed by atoms with Gasteiger partial charge in [-0.2, -0.15) is 8.42 Å². The quantitative estimate of drug-likeness (QED) is 0.816. The number of aromatic nitrogens is 2. The summed E-state index contributed by atoms with van der Waals surface area (Å²) in [7, 11) is -3.93. The molecular weight excluding hydrogens is 348 g/mol. The lowest BCUT2D eigenvalue weighted by molar-refractivity contribution is -0.114. The van der Waals surface area contributed by atoms with Gasteiger partial charge in [-0.1, -0.05) is 29.0 Å². The van der Waals surface area contributed by atoms with Crippen molar-refractivity contribution >= 4 is 49.7 Å². The van der Waals surface area contributed by atoms with E-state index in [0.29, 0.717) is 16.3 Å². The van der Waals surface area contributed by atoms with E-state index in [1.165, 1.54) is 6.92 Å². The molecule has 2 rings (SSSR count). The van der Waals surface area contributed by atoms with Crippen LogP contribution in [0.15, 0.2) is 16.5 Å². The average molecular weight is 361 g/mol. The van der Waals surface area contributed by atoms with Crippen LogP contribution in [0, 0.1) is 13.8 Å². The number of anilines is 2. The molecule has 2 N–H and O–H groups in total. The fourth-order valence-corrected chi connectivity index (χ4v) is 4.27. The van der Waals surface area contributed by atoms with Gasteiger partial charge in [0.05, 0.1) is 10.7 Å². The van der Waals surface area contributed by atoms with E-state index < -0.39 is 10.0 Å². The summed E-state index contributed by atoms with van der Waals surface area (Å²) in [5.74, 6) is -0.356. The Morgan fingerprint density at radius 2 is 1.95 bits per heavy atom. The van der Waals surface area contributed by atoms with Crippen molar-refractivity contribution in [3.8, 4) is 0 Å². The van der Waals surface area contributed by atoms with Gasteiger partial charge in [0.1, 0.15) is 0 Å². The lowest BCUT2D eigenvalue weighted by Crippen LogP contribution is -2.14. The van der Waals surface area contributed by atoms with Gasteiger partial charge in [-0.15, -0.1) is 10.2 Å². The van der Waals surface area contributed by atoms with Gasteiger partial charge in [0.25, 0.3) is 14.4 Å². The average Bonchev–Trinajstić information content (AvgIpc) is 2.82. The summed E-state index contributed by atoms with van der Waals surface area (Å²) in [6, 6.07) is 3.47. The van der Waals surface area contributed by atoms with Crippen LogP contribution in [-0.4, -0.2) is 24.5 Å². The number of halogens is 1. The second-order valence-corrected chi connectivity index (χ2v) is 7.84. The molecule has 1 heterocycles. The number of amides is 1. The molecule has 0 atom stereocenters. The number of rotatable bonds is 4. The Kier molecular flexibility index (Phi) is 4.69. The van der Waals surface area contributed by atoms with Crippen molar-refractivity contribution in [3.05, 3.63) is 28.3 Å². The van der Waals surface area contributed by atoms with Crippen LogP contribution in [-0.2, 0) is 14.8 Å². The Morgan fingerprint density at radius 3 is 2.55 bits per heavy atom. The molecule has 1 amide bonds. The normalized spacial score (nSPS) is 11.3. The van der Waals surface area contributed by atoms with Crippen molar-refractivity contribution in [2.75, 3.05) is 10.0 Å². The molecule has 0 unspecified atom stereocenters. The van der Waals surface area contributed by atoms with Crippen molar-refractivity contribution in [2.24, 2.45) is 0 Å². The number of hydrogen-bond acceptors (Lipinski definition) is 6. The lowest BCUT2D eigenvalue weighted by atomic mass is 10.1. The second kappa shape index (κ2) is 6.19. The van der Waals surface area contributed by atoms with Crippen LogP contribution in [0.1, 0.15) is 18.1 Å². The van der Waals surface area contributed by atoms with Gasteiger partial charge in [-0.25, -0.2) is 0 Å². The minimum atomic E-state index is -3.93. The molecule has 118 valence electrons. The second-order valence-electron chi connectivity index (χ2n) is 4.60. The van der Waals surface area contributed by atoms with E-state index in [0.717, 1.165) is 16.9 Å². The number of benzene rings is 1. The van der Waals surface area contributed by atoms with Gasteiger partial charge in [-0.05, 0) is 31.0 Å². The molecule has 0 saturated heterocycles. The summed E-state index contributed by atoms with van der Waals surface area (Å²) >= 11 is 6.84. The third-order valence-corrected chi connectivity index (χ3v) is 5.44. The van der Waals surface area contributed by atoms with E-state index in [-0.39, 0.29) is 15.4 Å². The van der Waals surface area contributed by atoms with Crippen LogP contribution in [0.5, 0.6) is 0 Å². The lowest BCUT2D eigenvalue weighted by Gasteiger charge is -2.11. The predicted molar refractivity (Wildman–Crippen MR) is 85.9 cm³/mol. The Balaban J connectivity index is 2.32. The van der Waals surface area contributed by atoms with E-state index in [9.17, 15) is 13.2 Å². The van der Waals surface area contributed by atoms with Crippen LogP contribution in [0.4, 0.5) is 10.8 Å². The van der Waals surface area contributed by atoms with Crippen molar-refractivity contribution < 1.29 is 13.2 Å². The standard InChI is InChI=1S/C12H13ClN4O3S2/c1-6-4-7(2)10(9(13)5-6)17-22(19,20)12-16-15-11(21-12)14-8(3)18/h4-5,17H,1-3H3,(H,14,15,18). The molecule has 7 nitrogen and oxygen atoms in total. The minimum Gasteiger partial charge on any atom is -0.301 e. The molecule has 0 aliphatic carbocycles. The highest BCUT2D eigenvalue weighted by Gasteiger charge is 2.22. The number of carbonyl (C=O) groups excluding carboxylic acids is 1. The van der Waals surface area contributed by atoms with Gasteiger partial charge in [-0.3, -0.25) is 9.52 Å². The largest absolute Gasteiger partial charge is 0.301 e. The molecule has 0 aliphatic rings. The topological polar surface area (TPSA) is 101 Å². The summed E-state index contributed by atoms with van der Waals surface area (Å²) in [4.78, 5) is 10.9. The highest BCUT2D eigenvalue weighted by Crippen LogP contribution is 2.30. The molecule has 1 aromatic heterocycles. The zero-order valence-electron chi connectivity index (χ0n) is 12.0. The van der Waals surface area contributed by atoms with Crippen molar-refractivity contribution in [1.29, 1.82) is 0 Å². The SMILES string of the molecule is CC(=O)Nc1nnc(S(=O)(=O)Nc2c(C)cc(C)cc2Cl)s1. The maximum absolute atomic E-state index is 12.3. The first-order valence-corrected chi connectivity index (χ1v) is 8.77. The predicted octanol–water partition coefficient (Wildman–Crippen LogP) is 2.57. The van der Waals surface area contributed by atoms with Gasteiger partial charge in [0.15, 0.2) is 0 Å². The molecule has 0 fully saturated rings. The number of aryl methyl sites for hydroxylation is 2. The molecule has 0 bridgehead atoms. The molecule has 10 heteroatoms. The molecule has 1 aromatic carbocycles. The number of nitrogens with zero attached hydrogens (tertiary/aromatic N) is 2. The Hall–Kier alpha value is -1.71. The maximum atomic E-state index is 12.3. The van der Waals surface area contributed by atoms with Gasteiger partial charge < -0.3 is 5.32 Å². The summed E-state index contributed by atoms with van der Waals surface area (Å²) in [6.45, 7) is 4.91. The fraction of sp³-hybridized carbons (Fsp3) is 0.250. The van der Waals surface area contributed by atoms with E-state index in [4.69, 9.17) is 11.6 Å². The Labute approximate surface area is 136 Å². The minimum absolute atomic E-state index is 0.111. The summed E-state index contributed by atoms with van der Waals surface area (Å²) in [5, 5.41) is 9.97. The molecule has 22 heavy (non-hydrogen) atoms. The highest BCUT2D eigenvalue weighted by atomic mass is 35.5. The number of hydrogen-bond donors (Lipinski definition) is 2. The number of carbonyl (C=O) groups is 1. The molecule has 0 spiro atoms. The molecule has 2 aromatic rings. The third kappa shape index (κ3) is 3.73.